The van der Waals surface area contributed by atoms with Crippen molar-refractivity contribution >= 4 is 22.7 Å². The fourth-order valence-electron chi connectivity index (χ4n) is 7.81. The first kappa shape index (κ1) is 59.1. The molecule has 0 unspecified atom stereocenters. The van der Waals surface area contributed by atoms with Gasteiger partial charge < -0.3 is 9.80 Å². The Balaban J connectivity index is 0.000000277. The van der Waals surface area contributed by atoms with Crippen LogP contribution in [-0.2, 0) is 49.4 Å². The Hall–Kier alpha value is -6.76. The lowest BCUT2D eigenvalue weighted by molar-refractivity contribution is -0.145. The van der Waals surface area contributed by atoms with E-state index in [0.29, 0.717) is 29.2 Å². The van der Waals surface area contributed by atoms with Crippen molar-refractivity contribution in [1.82, 2.24) is 0 Å². The molecule has 0 atom stereocenters. The lowest BCUT2D eigenvalue weighted by Gasteiger charge is -2.28. The molecule has 0 bridgehead atoms. The summed E-state index contributed by atoms with van der Waals surface area (Å²) in [5.41, 5.74) is -24.2. The minimum Gasteiger partial charge on any atom is -0.344 e. The van der Waals surface area contributed by atoms with Gasteiger partial charge in [0.1, 0.15) is 0 Å². The zero-order valence-corrected chi connectivity index (χ0v) is 38.3. The summed E-state index contributed by atoms with van der Waals surface area (Å²) in [5, 5.41) is 0. The Kier molecular flexibility index (Phi) is 15.8. The van der Waals surface area contributed by atoms with Gasteiger partial charge in [-0.2, -0.15) is 105 Å². The maximum Gasteiger partial charge on any atom is 0.418 e. The van der Waals surface area contributed by atoms with Gasteiger partial charge in [-0.25, -0.2) is 0 Å². The molecule has 406 valence electrons. The van der Waals surface area contributed by atoms with Crippen molar-refractivity contribution in [3.63, 3.8) is 0 Å². The third kappa shape index (κ3) is 13.2. The summed E-state index contributed by atoms with van der Waals surface area (Å²) >= 11 is 0. The predicted molar refractivity (Wildman–Crippen MR) is 227 cm³/mol. The van der Waals surface area contributed by atoms with Gasteiger partial charge in [0, 0.05) is 25.5 Å². The van der Waals surface area contributed by atoms with Crippen LogP contribution in [-0.4, -0.2) is 14.1 Å². The number of benzene rings is 6. The molecule has 0 saturated carbocycles. The lowest BCUT2D eigenvalue weighted by atomic mass is 9.91. The first-order valence-corrected chi connectivity index (χ1v) is 20.7. The number of rotatable bonds is 6. The number of hydrogen-bond acceptors (Lipinski definition) is 2. The zero-order chi connectivity index (χ0) is 57.1. The summed E-state index contributed by atoms with van der Waals surface area (Å²) in [6.07, 6.45) is -43.3. The van der Waals surface area contributed by atoms with Gasteiger partial charge in [0.05, 0.1) is 55.9 Å². The van der Waals surface area contributed by atoms with Crippen LogP contribution in [0.4, 0.5) is 128 Å². The lowest BCUT2D eigenvalue weighted by Crippen LogP contribution is -2.22. The number of aryl methyl sites for hydroxylation is 1. The van der Waals surface area contributed by atoms with Crippen molar-refractivity contribution in [2.24, 2.45) is 0 Å². The van der Waals surface area contributed by atoms with E-state index in [4.69, 9.17) is 0 Å². The van der Waals surface area contributed by atoms with Crippen LogP contribution in [0.1, 0.15) is 61.2 Å². The molecule has 2 nitrogen and oxygen atoms in total. The Morgan fingerprint density at radius 1 is 0.267 bits per heavy atom. The molecule has 0 N–H and O–H groups in total. The molecule has 6 aromatic rings. The van der Waals surface area contributed by atoms with Crippen LogP contribution < -0.4 is 9.80 Å². The molecule has 0 radical (unpaired) electrons. The third-order valence-electron chi connectivity index (χ3n) is 11.4. The number of nitrogens with zero attached hydrogens (tertiary/aromatic N) is 2. The van der Waals surface area contributed by atoms with Gasteiger partial charge in [-0.15, -0.1) is 0 Å². The molecule has 0 aliphatic carbocycles. The molecule has 0 aliphatic rings. The summed E-state index contributed by atoms with van der Waals surface area (Å²) in [4.78, 5) is 1.19. The van der Waals surface area contributed by atoms with Crippen LogP contribution in [0.2, 0.25) is 0 Å². The van der Waals surface area contributed by atoms with Crippen LogP contribution in [0.5, 0.6) is 0 Å². The Morgan fingerprint density at radius 2 is 0.467 bits per heavy atom. The standard InChI is InChI=1S/C25H17F12N.C24H15F12N/c1-12-4-6-16(7-5-12)38(3)21-19(24(32,33)34)10-15(11-20(21)25(35,36)37)14-8-17(22(26,27)28)13(2)18(9-14)23(29,30)31;1-12-16(21(25,26)27)8-13(9-17(12)22(28,29)30)14-10-18(23(31,32)33)20(19(11-14)24(34,35)36)37(2)15-6-4-3-5-7-15/h4-11H,1-3H3;3-11H,1-2H3. The average Bonchev–Trinajstić information content (AvgIpc) is 3.26. The molecule has 6 rings (SSSR count). The van der Waals surface area contributed by atoms with Crippen molar-refractivity contribution in [3.8, 4) is 22.3 Å². The van der Waals surface area contributed by atoms with Crippen LogP contribution in [0.3, 0.4) is 0 Å². The van der Waals surface area contributed by atoms with E-state index in [1.54, 1.807) is 6.92 Å². The van der Waals surface area contributed by atoms with Gasteiger partial charge in [0.25, 0.3) is 0 Å². The summed E-state index contributed by atoms with van der Waals surface area (Å²) in [6, 6.07) is 12.8. The third-order valence-corrected chi connectivity index (χ3v) is 11.4. The van der Waals surface area contributed by atoms with Crippen LogP contribution >= 0.6 is 0 Å². The molecule has 0 saturated heterocycles. The number of alkyl halides is 24. The highest BCUT2D eigenvalue weighted by atomic mass is 19.4. The van der Waals surface area contributed by atoms with Crippen molar-refractivity contribution in [2.45, 2.75) is 70.2 Å². The fraction of sp³-hybridized carbons (Fsp3) is 0.265. The van der Waals surface area contributed by atoms with Crippen molar-refractivity contribution in [2.75, 3.05) is 23.9 Å². The first-order valence-electron chi connectivity index (χ1n) is 20.7. The molecule has 0 amide bonds. The topological polar surface area (TPSA) is 6.48 Å². The van der Waals surface area contributed by atoms with Gasteiger partial charge in [-0.1, -0.05) is 35.9 Å². The predicted octanol–water partition coefficient (Wildman–Crippen LogP) is 19.3. The second kappa shape index (κ2) is 20.1. The Bertz CT molecular complexity index is 2880. The van der Waals surface area contributed by atoms with E-state index in [0.717, 1.165) is 14.1 Å². The van der Waals surface area contributed by atoms with Gasteiger partial charge in [0.15, 0.2) is 0 Å². The monoisotopic (exact) mass is 1100 g/mol. The minimum absolute atomic E-state index is 0.0756. The molecule has 0 fully saturated rings. The molecule has 0 aliphatic heterocycles. The summed E-state index contributed by atoms with van der Waals surface area (Å²) in [6.45, 7) is 2.65. The highest BCUT2D eigenvalue weighted by Gasteiger charge is 2.47. The normalized spacial score (nSPS) is 13.1. The second-order valence-electron chi connectivity index (χ2n) is 16.5. The Morgan fingerprint density at radius 3 is 0.680 bits per heavy atom. The van der Waals surface area contributed by atoms with Gasteiger partial charge >= 0.3 is 49.4 Å². The molecule has 0 aromatic heterocycles. The summed E-state index contributed by atoms with van der Waals surface area (Å²) in [5.74, 6) is 0. The molecule has 6 aromatic carbocycles. The molecular weight excluding hydrogens is 1070 g/mol. The number of hydrogen-bond donors (Lipinski definition) is 0. The quantitative estimate of drug-likeness (QED) is 0.153. The molecule has 26 heteroatoms. The van der Waals surface area contributed by atoms with E-state index in [1.807, 2.05) is 0 Å². The van der Waals surface area contributed by atoms with E-state index in [9.17, 15) is 105 Å². The zero-order valence-electron chi connectivity index (χ0n) is 38.3. The summed E-state index contributed by atoms with van der Waals surface area (Å²) < 4.78 is 331. The van der Waals surface area contributed by atoms with E-state index in [1.165, 1.54) is 54.6 Å². The minimum atomic E-state index is -5.46. The van der Waals surface area contributed by atoms with E-state index in [-0.39, 0.29) is 59.9 Å². The van der Waals surface area contributed by atoms with Crippen molar-refractivity contribution in [1.29, 1.82) is 0 Å². The molecule has 0 heterocycles. The maximum atomic E-state index is 14.1. The smallest absolute Gasteiger partial charge is 0.344 e. The van der Waals surface area contributed by atoms with Crippen LogP contribution in [0, 0.1) is 20.8 Å². The SMILES string of the molecule is Cc1c(C(F)(F)F)cc(-c2cc(C(F)(F)F)c(N(C)c3ccccc3)c(C(F)(F)F)c2)cc1C(F)(F)F.Cc1ccc(N(C)c2c(C(F)(F)F)cc(-c3cc(C(F)(F)F)c(C)c(C(F)(F)F)c3)cc2C(F)(F)F)cc1. The Labute approximate surface area is 408 Å². The van der Waals surface area contributed by atoms with Crippen LogP contribution in [0.25, 0.3) is 22.3 Å². The van der Waals surface area contributed by atoms with Crippen molar-refractivity contribution < 1.29 is 105 Å². The van der Waals surface area contributed by atoms with Crippen molar-refractivity contribution in [3.05, 3.63) is 164 Å². The molecule has 75 heavy (non-hydrogen) atoms. The van der Waals surface area contributed by atoms with E-state index < -0.39 is 139 Å². The molecule has 0 spiro atoms. The van der Waals surface area contributed by atoms with Gasteiger partial charge in [-0.3, -0.25) is 0 Å². The highest BCUT2D eigenvalue weighted by molar-refractivity contribution is 5.80. The summed E-state index contributed by atoms with van der Waals surface area (Å²) in [7, 11) is 1.85. The fourth-order valence-corrected chi connectivity index (χ4v) is 7.81. The molecular formula is C49H32F24N2. The van der Waals surface area contributed by atoms with E-state index >= 15 is 0 Å². The van der Waals surface area contributed by atoms with Gasteiger partial charge in [0.2, 0.25) is 0 Å². The maximum absolute atomic E-state index is 14.1. The number of anilines is 4. The largest absolute Gasteiger partial charge is 0.418 e. The highest BCUT2D eigenvalue weighted by Crippen LogP contribution is 2.52. The number of para-hydroxylation sites is 1. The van der Waals surface area contributed by atoms with E-state index in [2.05, 4.69) is 0 Å². The van der Waals surface area contributed by atoms with Gasteiger partial charge in [-0.05, 0) is 127 Å². The van der Waals surface area contributed by atoms with Crippen LogP contribution in [0.15, 0.2) is 103 Å². The number of halogens is 24. The first-order chi connectivity index (χ1) is 33.8. The average molecular weight is 1100 g/mol. The second-order valence-corrected chi connectivity index (χ2v) is 16.5.